The Bertz CT molecular complexity index is 922. The molecule has 4 aromatic rings. The summed E-state index contributed by atoms with van der Waals surface area (Å²) >= 11 is 0. The normalized spacial score (nSPS) is 11.4. The topological polar surface area (TPSA) is 12.9 Å². The van der Waals surface area contributed by atoms with Crippen molar-refractivity contribution in [2.75, 3.05) is 0 Å². The lowest BCUT2D eigenvalue weighted by Gasteiger charge is -2.07. The van der Waals surface area contributed by atoms with Crippen molar-refractivity contribution >= 4 is 32.4 Å². The standard InChI is InChI=1S/C18H13N/c1-12-6-9-18-16(10-12)15-8-7-13-4-2-3-5-14(13)17(15)11-19-18/h2-11H,1H3. The molecule has 0 saturated carbocycles. The molecule has 0 aliphatic rings. The second-order valence-corrected chi connectivity index (χ2v) is 5.03. The maximum atomic E-state index is 4.60. The van der Waals surface area contributed by atoms with Gasteiger partial charge in [-0.25, -0.2) is 0 Å². The Balaban J connectivity index is 2.28. The molecule has 0 aliphatic carbocycles. The molecular weight excluding hydrogens is 230 g/mol. The monoisotopic (exact) mass is 243 g/mol. The lowest BCUT2D eigenvalue weighted by Crippen LogP contribution is -1.84. The van der Waals surface area contributed by atoms with E-state index >= 15 is 0 Å². The Labute approximate surface area is 111 Å². The van der Waals surface area contributed by atoms with Crippen LogP contribution in [0.5, 0.6) is 0 Å². The number of hydrogen-bond donors (Lipinski definition) is 0. The maximum Gasteiger partial charge on any atom is 0.0708 e. The Kier molecular flexibility index (Phi) is 2.10. The summed E-state index contributed by atoms with van der Waals surface area (Å²) in [5, 5.41) is 6.30. The highest BCUT2D eigenvalue weighted by Gasteiger charge is 2.05. The summed E-state index contributed by atoms with van der Waals surface area (Å²) in [6.07, 6.45) is 2.00. The summed E-state index contributed by atoms with van der Waals surface area (Å²) in [7, 11) is 0. The van der Waals surface area contributed by atoms with Gasteiger partial charge in [-0.3, -0.25) is 4.98 Å². The fourth-order valence-electron chi connectivity index (χ4n) is 2.78. The third-order valence-corrected chi connectivity index (χ3v) is 3.75. The van der Waals surface area contributed by atoms with Gasteiger partial charge in [0, 0.05) is 17.0 Å². The molecule has 1 aromatic heterocycles. The van der Waals surface area contributed by atoms with Crippen molar-refractivity contribution in [3.63, 3.8) is 0 Å². The fourth-order valence-corrected chi connectivity index (χ4v) is 2.78. The molecule has 4 rings (SSSR count). The van der Waals surface area contributed by atoms with Crippen LogP contribution in [0.1, 0.15) is 5.56 Å². The minimum atomic E-state index is 1.06. The molecule has 0 unspecified atom stereocenters. The Morgan fingerprint density at radius 1 is 0.737 bits per heavy atom. The zero-order chi connectivity index (χ0) is 12.8. The molecule has 0 spiro atoms. The van der Waals surface area contributed by atoms with Crippen LogP contribution in [0.25, 0.3) is 32.4 Å². The van der Waals surface area contributed by atoms with E-state index in [1.807, 2.05) is 6.20 Å². The molecule has 0 atom stereocenters. The van der Waals surface area contributed by atoms with Gasteiger partial charge in [0.2, 0.25) is 0 Å². The Morgan fingerprint density at radius 3 is 2.58 bits per heavy atom. The van der Waals surface area contributed by atoms with Crippen molar-refractivity contribution in [1.29, 1.82) is 0 Å². The predicted octanol–water partition coefficient (Wildman–Crippen LogP) is 4.85. The first-order valence-corrected chi connectivity index (χ1v) is 6.50. The number of nitrogens with zero attached hydrogens (tertiary/aromatic N) is 1. The van der Waals surface area contributed by atoms with E-state index in [2.05, 4.69) is 66.5 Å². The van der Waals surface area contributed by atoms with Crippen LogP contribution in [0, 0.1) is 6.92 Å². The largest absolute Gasteiger partial charge is 0.256 e. The highest BCUT2D eigenvalue weighted by molar-refractivity contribution is 6.15. The van der Waals surface area contributed by atoms with E-state index in [0.717, 1.165) is 5.52 Å². The van der Waals surface area contributed by atoms with Crippen molar-refractivity contribution in [3.8, 4) is 0 Å². The molecule has 1 heterocycles. The number of benzene rings is 3. The van der Waals surface area contributed by atoms with Gasteiger partial charge in [0.25, 0.3) is 0 Å². The zero-order valence-electron chi connectivity index (χ0n) is 10.7. The average Bonchev–Trinajstić information content (AvgIpc) is 2.46. The van der Waals surface area contributed by atoms with Crippen LogP contribution in [0.3, 0.4) is 0 Å². The lowest BCUT2D eigenvalue weighted by molar-refractivity contribution is 1.42. The molecule has 0 saturated heterocycles. The Hall–Kier alpha value is -2.41. The van der Waals surface area contributed by atoms with E-state index < -0.39 is 0 Å². The number of aromatic nitrogens is 1. The number of pyridine rings is 1. The molecule has 1 heteroatoms. The van der Waals surface area contributed by atoms with Gasteiger partial charge in [-0.2, -0.15) is 0 Å². The fraction of sp³-hybridized carbons (Fsp3) is 0.0556. The molecule has 90 valence electrons. The summed E-state index contributed by atoms with van der Waals surface area (Å²) < 4.78 is 0. The van der Waals surface area contributed by atoms with E-state index in [0.29, 0.717) is 0 Å². The van der Waals surface area contributed by atoms with Crippen molar-refractivity contribution in [2.24, 2.45) is 0 Å². The Morgan fingerprint density at radius 2 is 1.63 bits per heavy atom. The SMILES string of the molecule is Cc1ccc2ncc3c4ccccc4ccc3c2c1. The molecule has 0 amide bonds. The summed E-state index contributed by atoms with van der Waals surface area (Å²) in [6, 6.07) is 19.3. The van der Waals surface area contributed by atoms with Gasteiger partial charge < -0.3 is 0 Å². The van der Waals surface area contributed by atoms with Crippen LogP contribution in [0.4, 0.5) is 0 Å². The number of fused-ring (bicyclic) bond motifs is 5. The molecule has 0 fully saturated rings. The summed E-state index contributed by atoms with van der Waals surface area (Å²) in [5.74, 6) is 0. The molecule has 0 N–H and O–H groups in total. The van der Waals surface area contributed by atoms with Crippen molar-refractivity contribution in [2.45, 2.75) is 6.92 Å². The lowest BCUT2D eigenvalue weighted by atomic mass is 10.00. The number of rotatable bonds is 0. The molecule has 0 aliphatic heterocycles. The van der Waals surface area contributed by atoms with E-state index in [4.69, 9.17) is 0 Å². The van der Waals surface area contributed by atoms with Gasteiger partial charge in [0.05, 0.1) is 5.52 Å². The second-order valence-electron chi connectivity index (χ2n) is 5.03. The number of hydrogen-bond acceptors (Lipinski definition) is 1. The molecule has 1 nitrogen and oxygen atoms in total. The molecular formula is C18H13N. The van der Waals surface area contributed by atoms with Crippen LogP contribution in [0.15, 0.2) is 60.8 Å². The van der Waals surface area contributed by atoms with E-state index in [9.17, 15) is 0 Å². The molecule has 0 radical (unpaired) electrons. The van der Waals surface area contributed by atoms with Gasteiger partial charge in [0.15, 0.2) is 0 Å². The zero-order valence-corrected chi connectivity index (χ0v) is 10.7. The smallest absolute Gasteiger partial charge is 0.0708 e. The van der Waals surface area contributed by atoms with Gasteiger partial charge in [-0.05, 0) is 35.2 Å². The summed E-state index contributed by atoms with van der Waals surface area (Å²) in [6.45, 7) is 2.12. The van der Waals surface area contributed by atoms with Crippen LogP contribution < -0.4 is 0 Å². The minimum absolute atomic E-state index is 1.06. The number of aryl methyl sites for hydroxylation is 1. The third-order valence-electron chi connectivity index (χ3n) is 3.75. The first-order chi connectivity index (χ1) is 9.33. The predicted molar refractivity (Wildman–Crippen MR) is 81.5 cm³/mol. The van der Waals surface area contributed by atoms with Crippen LogP contribution in [-0.2, 0) is 0 Å². The van der Waals surface area contributed by atoms with Crippen LogP contribution >= 0.6 is 0 Å². The van der Waals surface area contributed by atoms with Crippen molar-refractivity contribution in [3.05, 3.63) is 66.4 Å². The third kappa shape index (κ3) is 1.52. The average molecular weight is 243 g/mol. The van der Waals surface area contributed by atoms with Crippen molar-refractivity contribution in [1.82, 2.24) is 4.98 Å². The van der Waals surface area contributed by atoms with Gasteiger partial charge in [-0.15, -0.1) is 0 Å². The van der Waals surface area contributed by atoms with Gasteiger partial charge >= 0.3 is 0 Å². The van der Waals surface area contributed by atoms with E-state index in [-0.39, 0.29) is 0 Å². The summed E-state index contributed by atoms with van der Waals surface area (Å²) in [5.41, 5.74) is 2.34. The van der Waals surface area contributed by atoms with Crippen LogP contribution in [-0.4, -0.2) is 4.98 Å². The molecule has 0 bridgehead atoms. The van der Waals surface area contributed by atoms with E-state index in [1.54, 1.807) is 0 Å². The summed E-state index contributed by atoms with van der Waals surface area (Å²) in [4.78, 5) is 4.60. The first kappa shape index (κ1) is 10.5. The van der Waals surface area contributed by atoms with Crippen molar-refractivity contribution < 1.29 is 0 Å². The quantitative estimate of drug-likeness (QED) is 0.402. The van der Waals surface area contributed by atoms with Crippen LogP contribution in [0.2, 0.25) is 0 Å². The van der Waals surface area contributed by atoms with Gasteiger partial charge in [0.1, 0.15) is 0 Å². The highest BCUT2D eigenvalue weighted by atomic mass is 14.6. The minimum Gasteiger partial charge on any atom is -0.256 e. The molecule has 19 heavy (non-hydrogen) atoms. The second kappa shape index (κ2) is 3.79. The maximum absolute atomic E-state index is 4.60. The van der Waals surface area contributed by atoms with E-state index in [1.165, 1.54) is 32.5 Å². The molecule has 3 aromatic carbocycles. The first-order valence-electron chi connectivity index (χ1n) is 6.50. The van der Waals surface area contributed by atoms with Gasteiger partial charge in [-0.1, -0.05) is 48.0 Å². The highest BCUT2D eigenvalue weighted by Crippen LogP contribution is 2.30.